The Balaban J connectivity index is 0.000000201. The van der Waals surface area contributed by atoms with Crippen molar-refractivity contribution in [2.24, 2.45) is 47.3 Å². The number of amides is 1. The molecule has 800 valence electrons. The normalized spacial score (nSPS) is 44.0. The van der Waals surface area contributed by atoms with E-state index in [1.807, 2.05) is 96.2 Å². The van der Waals surface area contributed by atoms with Gasteiger partial charge in [0.15, 0.2) is 36.7 Å². The zero-order valence-electron chi connectivity index (χ0n) is 88.3. The molecule has 0 saturated carbocycles. The zero-order valence-corrected chi connectivity index (χ0v) is 88.3. The number of benzene rings is 1. The van der Waals surface area contributed by atoms with E-state index < -0.39 is 194 Å². The third kappa shape index (κ3) is 25.4. The summed E-state index contributed by atoms with van der Waals surface area (Å²) in [6.07, 6.45) is 16.1. The molecule has 1 amide bonds. The summed E-state index contributed by atoms with van der Waals surface area (Å²) >= 11 is 0. The van der Waals surface area contributed by atoms with Gasteiger partial charge in [0.05, 0.1) is 111 Å². The van der Waals surface area contributed by atoms with Crippen molar-refractivity contribution >= 4 is 29.5 Å². The molecule has 0 aromatic heterocycles. The van der Waals surface area contributed by atoms with Crippen molar-refractivity contribution in [1.82, 2.24) is 0 Å². The molecule has 2 aliphatic carbocycles. The van der Waals surface area contributed by atoms with Crippen LogP contribution in [0.4, 0.5) is 5.69 Å². The van der Waals surface area contributed by atoms with Crippen LogP contribution in [0.5, 0.6) is 0 Å². The van der Waals surface area contributed by atoms with Gasteiger partial charge in [0.2, 0.25) is 0 Å². The molecule has 1 unspecified atom stereocenters. The van der Waals surface area contributed by atoms with Crippen LogP contribution in [0.25, 0.3) is 0 Å². The minimum atomic E-state index is -1.84. The number of allylic oxidation sites excluding steroid dienone is 4. The summed E-state index contributed by atoms with van der Waals surface area (Å²) in [4.78, 5) is 54.2. The molecule has 8 saturated heterocycles. The highest BCUT2D eigenvalue weighted by atomic mass is 16.8. The number of aryl methyl sites for hydroxylation is 2. The number of nitrogens with zero attached hydrogens (tertiary/aromatic N) is 1. The van der Waals surface area contributed by atoms with Crippen molar-refractivity contribution in [2.45, 2.75) is 403 Å². The highest BCUT2D eigenvalue weighted by Crippen LogP contribution is 2.51. The molecule has 12 aliphatic heterocycles. The Hall–Kier alpha value is -6.50. The van der Waals surface area contributed by atoms with Crippen LogP contribution in [0.3, 0.4) is 0 Å². The molecule has 2 spiro atoms. The number of methoxy groups -OCH3 is 6. The molecule has 14 aliphatic rings. The van der Waals surface area contributed by atoms with Gasteiger partial charge in [-0.2, -0.15) is 0 Å². The topological polar surface area (TPSA) is 396 Å². The Kier molecular flexibility index (Phi) is 39.0. The quantitative estimate of drug-likeness (QED) is 0.0401. The lowest BCUT2D eigenvalue weighted by atomic mass is 9.71. The Labute approximate surface area is 844 Å². The van der Waals surface area contributed by atoms with E-state index in [9.17, 15) is 49.8 Å². The van der Waals surface area contributed by atoms with E-state index >= 15 is 0 Å². The van der Waals surface area contributed by atoms with Gasteiger partial charge in [0, 0.05) is 111 Å². The predicted octanol–water partition coefficient (Wildman–Crippen LogP) is 12.2. The molecule has 15 rings (SSSR count). The third-order valence-corrected chi connectivity index (χ3v) is 31.6. The maximum atomic E-state index is 14.3. The highest BCUT2D eigenvalue weighted by Gasteiger charge is 2.63. The molecule has 1 aromatic rings. The maximum absolute atomic E-state index is 14.3. The summed E-state index contributed by atoms with van der Waals surface area (Å²) in [5, 5.41) is 68.4. The molecule has 143 heavy (non-hydrogen) atoms. The van der Waals surface area contributed by atoms with E-state index in [2.05, 4.69) is 79.7 Å². The zero-order chi connectivity index (χ0) is 104. The van der Waals surface area contributed by atoms with Gasteiger partial charge in [-0.1, -0.05) is 153 Å². The first-order chi connectivity index (χ1) is 67.9. The smallest absolute Gasteiger partial charge is 0.328 e. The average Bonchev–Trinajstić information content (AvgIpc) is 1.65. The predicted molar refractivity (Wildman–Crippen MR) is 527 cm³/mol. The number of carbonyl (C=O) groups excluding carboxylic acids is 4. The summed E-state index contributed by atoms with van der Waals surface area (Å²) in [6, 6.07) is 5.01. The Morgan fingerprint density at radius 2 is 0.888 bits per heavy atom. The molecular formula is C110H163NO32. The Morgan fingerprint density at radius 1 is 0.490 bits per heavy atom. The highest BCUT2D eigenvalue weighted by molar-refractivity contribution is 6.01. The summed E-state index contributed by atoms with van der Waals surface area (Å²) in [6.45, 7) is 37.4. The van der Waals surface area contributed by atoms with Gasteiger partial charge in [0.25, 0.3) is 5.91 Å². The van der Waals surface area contributed by atoms with Crippen molar-refractivity contribution in [2.75, 3.05) is 67.4 Å². The van der Waals surface area contributed by atoms with Crippen molar-refractivity contribution < 1.29 is 154 Å². The van der Waals surface area contributed by atoms with Gasteiger partial charge < -0.3 is 135 Å². The maximum Gasteiger partial charge on any atom is 0.328 e. The fourth-order valence-electron chi connectivity index (χ4n) is 23.2. The van der Waals surface area contributed by atoms with Gasteiger partial charge in [-0.25, -0.2) is 4.79 Å². The van der Waals surface area contributed by atoms with Gasteiger partial charge in [0.1, 0.15) is 96.7 Å². The van der Waals surface area contributed by atoms with Crippen LogP contribution in [0, 0.1) is 61.2 Å². The first-order valence-corrected chi connectivity index (χ1v) is 51.6. The van der Waals surface area contributed by atoms with Crippen molar-refractivity contribution in [3.05, 3.63) is 148 Å². The number of fused-ring (bicyclic) bond motifs is 4. The molecular weight excluding hydrogens is 1850 g/mol. The fraction of sp³-hybridized carbons (Fsp3) is 0.727. The summed E-state index contributed by atoms with van der Waals surface area (Å²) in [7, 11) is 9.19. The minimum Gasteiger partial charge on any atom is -0.467 e. The molecule has 33 nitrogen and oxygen atoms in total. The SMILES string of the molecule is CC[C@H](C)[C@H]1O[C@]2(C=C[C@@H]1C)C[C@@H]1C[C@@H](C/C=C(\C)[C@@H](O[C@H]3C[C@H](OC)[C@@H](O[C@H]4C[C@H](OC)[C@@H](O)[C@H](C)O4)[C@H](C)O3)[C@@H](C)/C=C/C=C3\CO[C@@H]4[C@H](O)C(C)=C[C@@H](C(=O)O1)[C@]34O)O2.COCC(=O)N(c1c(C)cccc1C)C(C)C(=O)OC.CO[C@H]1C[C@H](O[C@H]2[C@H](C)O[C@@H](O[C@@H]3/C(C)=C/C[C@@H]4C[C@@H](C[C@]5(C=C[C@H](C)[C@@H](C(C)C)O5)O4)OC(=O)[C@@H]4C=C(C)[C@@H](O)[C@H]5OC/C(=C\C=C\[C@@H]3C)[C@]54O)C[C@@H]2OC)O[C@@H](C)[C@@H]1O. The number of aliphatic hydroxyl groups is 6. The number of hydrogen-bond donors (Lipinski definition) is 6. The standard InChI is InChI=1S/C48H72O14.C47H70O14.C15H21NO4/c1-11-25(2)43-28(5)17-18-47(62-43)23-34-20-33(61-47)16-15-27(4)42(26(3)13-12-14-32-24-55-45-40(49)29(6)19-35(46(51)58-34)48(32,45)52)59-39-22-37(54-10)44(31(8)57-39)60-38-21-36(53-9)41(50)30(7)56-38;1-24(2)41-27(5)16-17-46(61-41)22-33-19-32(60-46)15-14-26(4)42(25(3)12-11-13-31-23-54-44-39(48)28(6)18-34(45(50)57-33)47(31,44)51)58-38-21-36(53-10)43(30(8)56-38)59-37-20-35(52-9)40(49)29(7)55-37;1-10-7-6-8-11(2)14(10)16(13(17)9-19-4)12(3)15(18)20-5/h12-15,17-19,25-26,28,30-31,33-45,49-50,52H,11,16,20-24H2,1-10H3;11-14,16-18,24-25,27,29-30,32-44,48-49,51H,15,19-23H2,1-10H3;6-8,12H,9H2,1-5H3/b13-12+,27-15+,32-14+;12-11+,26-14+,31-13+;/t25-,26-,28-,30-,31-,33+,34-,35-,36-,37-,38-,39-,40+,41-,42-,43+,44-,45+,47+,48+;25-,27-,29-,30-,32+,33-,34-,35-,36-,37-,38-,39+,40-,41+,42-,43-,44+,46+,47+;/m00./s1. The largest absolute Gasteiger partial charge is 0.467 e. The van der Waals surface area contributed by atoms with Gasteiger partial charge >= 0.3 is 17.9 Å². The van der Waals surface area contributed by atoms with Crippen molar-refractivity contribution in [3.63, 3.8) is 0 Å². The number of aliphatic hydroxyl groups excluding tert-OH is 4. The molecule has 0 radical (unpaired) electrons. The van der Waals surface area contributed by atoms with Crippen LogP contribution in [0.1, 0.15) is 199 Å². The molecule has 4 bridgehead atoms. The van der Waals surface area contributed by atoms with Crippen LogP contribution >= 0.6 is 0 Å². The second kappa shape index (κ2) is 49.1. The van der Waals surface area contributed by atoms with Gasteiger partial charge in [-0.3, -0.25) is 19.3 Å². The van der Waals surface area contributed by atoms with E-state index in [4.69, 9.17) is 104 Å². The lowest BCUT2D eigenvalue weighted by Gasteiger charge is -2.48. The van der Waals surface area contributed by atoms with Gasteiger partial charge in [-0.05, 0) is 158 Å². The van der Waals surface area contributed by atoms with Gasteiger partial charge in [-0.15, -0.1) is 0 Å². The first kappa shape index (κ1) is 114. The molecule has 40 atom stereocenters. The Morgan fingerprint density at radius 3 is 1.29 bits per heavy atom. The second-order valence-corrected chi connectivity index (χ2v) is 42.4. The van der Waals surface area contributed by atoms with E-state index in [1.54, 1.807) is 87.4 Å². The van der Waals surface area contributed by atoms with Crippen LogP contribution in [-0.2, 0) is 123 Å². The number of ether oxygens (including phenoxy) is 22. The third-order valence-electron chi connectivity index (χ3n) is 31.6. The average molecular weight is 2010 g/mol. The van der Waals surface area contributed by atoms with E-state index in [0.717, 1.165) is 34.4 Å². The van der Waals surface area contributed by atoms with Crippen LogP contribution in [-0.4, -0.2) is 317 Å². The van der Waals surface area contributed by atoms with Crippen molar-refractivity contribution in [3.8, 4) is 0 Å². The molecule has 12 heterocycles. The summed E-state index contributed by atoms with van der Waals surface area (Å²) in [5.41, 5.74) is 2.84. The van der Waals surface area contributed by atoms with Crippen molar-refractivity contribution in [1.29, 1.82) is 0 Å². The molecule has 1 aromatic carbocycles. The lowest BCUT2D eigenvalue weighted by molar-refractivity contribution is -0.318. The van der Waals surface area contributed by atoms with Crippen LogP contribution in [0.15, 0.2) is 137 Å². The molecule has 8 fully saturated rings. The fourth-order valence-corrected chi connectivity index (χ4v) is 23.2. The summed E-state index contributed by atoms with van der Waals surface area (Å²) in [5.74, 6) is -5.92. The molecule has 33 heteroatoms. The monoisotopic (exact) mass is 2010 g/mol. The number of anilines is 1. The number of esters is 3. The molecule has 6 N–H and O–H groups in total. The first-order valence-electron chi connectivity index (χ1n) is 51.6. The summed E-state index contributed by atoms with van der Waals surface area (Å²) < 4.78 is 137. The second-order valence-electron chi connectivity index (χ2n) is 42.4. The number of hydrogen-bond acceptors (Lipinski definition) is 32. The van der Waals surface area contributed by atoms with E-state index in [-0.39, 0.29) is 97.9 Å². The minimum absolute atomic E-state index is 0.0313. The number of rotatable bonds is 20. The van der Waals surface area contributed by atoms with E-state index in [1.165, 1.54) is 19.1 Å². The lowest BCUT2D eigenvalue weighted by Crippen LogP contribution is -2.58. The van der Waals surface area contributed by atoms with E-state index in [0.29, 0.717) is 86.5 Å². The van der Waals surface area contributed by atoms with Crippen LogP contribution in [0.2, 0.25) is 0 Å². The number of carbonyl (C=O) groups is 4. The number of para-hydroxylation sites is 1. The Bertz CT molecular complexity index is 4770. The van der Waals surface area contributed by atoms with Crippen LogP contribution < -0.4 is 4.90 Å².